The Balaban J connectivity index is 1.70. The van der Waals surface area contributed by atoms with E-state index in [9.17, 15) is 13.2 Å². The van der Waals surface area contributed by atoms with Crippen molar-refractivity contribution >= 4 is 21.0 Å². The van der Waals surface area contributed by atoms with Crippen molar-refractivity contribution in [1.82, 2.24) is 18.8 Å². The molecule has 0 bridgehead atoms. The second kappa shape index (κ2) is 8.68. The van der Waals surface area contributed by atoms with Gasteiger partial charge in [-0.3, -0.25) is 14.7 Å². The highest BCUT2D eigenvalue weighted by molar-refractivity contribution is 7.88. The smallest absolute Gasteiger partial charge is 0.261 e. The lowest BCUT2D eigenvalue weighted by atomic mass is 10.1. The van der Waals surface area contributed by atoms with Crippen molar-refractivity contribution in [2.45, 2.75) is 26.4 Å². The first-order chi connectivity index (χ1) is 15.2. The molecule has 1 aliphatic heterocycles. The van der Waals surface area contributed by atoms with Gasteiger partial charge in [0, 0.05) is 56.2 Å². The predicted molar refractivity (Wildman–Crippen MR) is 122 cm³/mol. The van der Waals surface area contributed by atoms with Crippen LogP contribution in [0.25, 0.3) is 22.1 Å². The van der Waals surface area contributed by atoms with Crippen LogP contribution >= 0.6 is 0 Å². The van der Waals surface area contributed by atoms with Crippen LogP contribution in [0.3, 0.4) is 0 Å². The zero-order valence-corrected chi connectivity index (χ0v) is 19.6. The molecule has 0 aromatic carbocycles. The van der Waals surface area contributed by atoms with E-state index in [0.717, 1.165) is 11.1 Å². The molecule has 1 atom stereocenters. The number of hydrogen-bond acceptors (Lipinski definition) is 7. The number of hydrogen-bond donors (Lipinski definition) is 0. The van der Waals surface area contributed by atoms with Gasteiger partial charge in [0.2, 0.25) is 10.0 Å². The van der Waals surface area contributed by atoms with E-state index in [2.05, 4.69) is 9.88 Å². The number of aromatic nitrogens is 2. The summed E-state index contributed by atoms with van der Waals surface area (Å²) in [6.45, 7) is 6.35. The fourth-order valence-electron chi connectivity index (χ4n) is 4.14. The maximum atomic E-state index is 12.8. The third-order valence-electron chi connectivity index (χ3n) is 5.83. The van der Waals surface area contributed by atoms with E-state index >= 15 is 0 Å². The Bertz CT molecular complexity index is 1300. The Morgan fingerprint density at radius 2 is 2.06 bits per heavy atom. The number of fused-ring (bicyclic) bond motifs is 1. The molecule has 4 rings (SSSR count). The maximum Gasteiger partial charge on any atom is 0.261 e. The second-order valence-electron chi connectivity index (χ2n) is 8.16. The third-order valence-corrected chi connectivity index (χ3v) is 7.10. The molecule has 3 aromatic rings. The van der Waals surface area contributed by atoms with E-state index in [1.54, 1.807) is 36.3 Å². The standard InChI is InChI=1S/C22H28N4O5S/c1-5-30-20-11-23-7-6-17(20)19-14-24(3)22(27)18-10-16(31-21(18)19)13-25-8-9-26(12-15(25)2)32(4,28)29/h6-7,10-11,14-15H,5,8-9,12-13H2,1-4H3/t15-/m1/s1. The molecule has 0 unspecified atom stereocenters. The summed E-state index contributed by atoms with van der Waals surface area (Å²) in [6.07, 6.45) is 6.33. The Morgan fingerprint density at radius 1 is 1.28 bits per heavy atom. The van der Waals surface area contributed by atoms with Crippen molar-refractivity contribution in [2.24, 2.45) is 7.05 Å². The van der Waals surface area contributed by atoms with Crippen molar-refractivity contribution in [2.75, 3.05) is 32.5 Å². The summed E-state index contributed by atoms with van der Waals surface area (Å²) in [4.78, 5) is 19.1. The summed E-state index contributed by atoms with van der Waals surface area (Å²) in [5.74, 6) is 1.29. The molecule has 0 radical (unpaired) electrons. The third kappa shape index (κ3) is 4.30. The second-order valence-corrected chi connectivity index (χ2v) is 10.1. The molecule has 4 heterocycles. The highest BCUT2D eigenvalue weighted by Crippen LogP contribution is 2.35. The molecule has 9 nitrogen and oxygen atoms in total. The Hall–Kier alpha value is -2.69. The molecule has 0 saturated carbocycles. The topological polar surface area (TPSA) is 97.9 Å². The molecule has 1 saturated heterocycles. The molecule has 10 heteroatoms. The number of sulfonamides is 1. The molecule has 32 heavy (non-hydrogen) atoms. The van der Waals surface area contributed by atoms with E-state index < -0.39 is 10.0 Å². The largest absolute Gasteiger partial charge is 0.492 e. The van der Waals surface area contributed by atoms with Gasteiger partial charge in [0.1, 0.15) is 17.1 Å². The zero-order chi connectivity index (χ0) is 23.0. The fraction of sp³-hybridized carbons (Fsp3) is 0.455. The molecule has 0 aliphatic carbocycles. The van der Waals surface area contributed by atoms with E-state index in [1.165, 1.54) is 10.6 Å². The van der Waals surface area contributed by atoms with Gasteiger partial charge in [-0.15, -0.1) is 0 Å². The van der Waals surface area contributed by atoms with Crippen molar-refractivity contribution in [1.29, 1.82) is 0 Å². The van der Waals surface area contributed by atoms with Crippen molar-refractivity contribution in [3.63, 3.8) is 0 Å². The van der Waals surface area contributed by atoms with Gasteiger partial charge in [0.15, 0.2) is 0 Å². The Labute approximate surface area is 187 Å². The molecule has 0 amide bonds. The summed E-state index contributed by atoms with van der Waals surface area (Å²) in [5, 5.41) is 0.502. The van der Waals surface area contributed by atoms with Crippen LogP contribution in [0.5, 0.6) is 5.75 Å². The highest BCUT2D eigenvalue weighted by atomic mass is 32.2. The molecule has 172 valence electrons. The number of nitrogens with zero attached hydrogens (tertiary/aromatic N) is 4. The van der Waals surface area contributed by atoms with Crippen molar-refractivity contribution < 1.29 is 17.6 Å². The predicted octanol–water partition coefficient (Wildman–Crippen LogP) is 2.06. The lowest BCUT2D eigenvalue weighted by molar-refractivity contribution is 0.115. The summed E-state index contributed by atoms with van der Waals surface area (Å²) in [5.41, 5.74) is 1.94. The first kappa shape index (κ1) is 22.5. The average molecular weight is 461 g/mol. The highest BCUT2D eigenvalue weighted by Gasteiger charge is 2.29. The minimum Gasteiger partial charge on any atom is -0.492 e. The van der Waals surface area contributed by atoms with Gasteiger partial charge in [-0.05, 0) is 26.0 Å². The van der Waals surface area contributed by atoms with Gasteiger partial charge < -0.3 is 13.7 Å². The van der Waals surface area contributed by atoms with Crippen LogP contribution in [-0.4, -0.2) is 65.7 Å². The van der Waals surface area contributed by atoms with E-state index in [-0.39, 0.29) is 11.6 Å². The molecular weight excluding hydrogens is 432 g/mol. The average Bonchev–Trinajstić information content (AvgIpc) is 3.16. The fourth-order valence-corrected chi connectivity index (χ4v) is 5.04. The Morgan fingerprint density at radius 3 is 2.75 bits per heavy atom. The van der Waals surface area contributed by atoms with Gasteiger partial charge in [-0.25, -0.2) is 8.42 Å². The molecule has 0 spiro atoms. The van der Waals surface area contributed by atoms with Gasteiger partial charge in [0.25, 0.3) is 5.56 Å². The number of ether oxygens (including phenoxy) is 1. The van der Waals surface area contributed by atoms with Gasteiger partial charge in [-0.2, -0.15) is 4.31 Å². The first-order valence-electron chi connectivity index (χ1n) is 10.6. The van der Waals surface area contributed by atoms with E-state index in [0.29, 0.717) is 55.3 Å². The number of pyridine rings is 2. The van der Waals surface area contributed by atoms with E-state index in [4.69, 9.17) is 9.15 Å². The molecular formula is C22H28N4O5S. The molecule has 3 aromatic heterocycles. The number of rotatable bonds is 6. The lowest BCUT2D eigenvalue weighted by Gasteiger charge is -2.38. The van der Waals surface area contributed by atoms with Gasteiger partial charge in [-0.1, -0.05) is 0 Å². The SMILES string of the molecule is CCOc1cnccc1-c1cn(C)c(=O)c2cc(CN3CCN(S(C)(=O)=O)C[C@H]3C)oc12. The van der Waals surface area contributed by atoms with Crippen LogP contribution in [0.15, 0.2) is 39.9 Å². The minimum atomic E-state index is -3.21. The van der Waals surface area contributed by atoms with Gasteiger partial charge >= 0.3 is 0 Å². The van der Waals surface area contributed by atoms with Crippen LogP contribution in [-0.2, 0) is 23.6 Å². The van der Waals surface area contributed by atoms with Crippen LogP contribution in [0.1, 0.15) is 19.6 Å². The molecule has 1 aliphatic rings. The lowest BCUT2D eigenvalue weighted by Crippen LogP contribution is -2.52. The Kier molecular flexibility index (Phi) is 6.11. The summed E-state index contributed by atoms with van der Waals surface area (Å²) in [7, 11) is -1.49. The van der Waals surface area contributed by atoms with E-state index in [1.807, 2.05) is 19.9 Å². The van der Waals surface area contributed by atoms with Crippen LogP contribution in [0, 0.1) is 0 Å². The number of piperazine rings is 1. The monoisotopic (exact) mass is 460 g/mol. The van der Waals surface area contributed by atoms with Crippen LogP contribution in [0.2, 0.25) is 0 Å². The van der Waals surface area contributed by atoms with Gasteiger partial charge in [0.05, 0.1) is 31.0 Å². The summed E-state index contributed by atoms with van der Waals surface area (Å²) >= 11 is 0. The summed E-state index contributed by atoms with van der Waals surface area (Å²) < 4.78 is 38.7. The van der Waals surface area contributed by atoms with Crippen molar-refractivity contribution in [3.8, 4) is 16.9 Å². The van der Waals surface area contributed by atoms with Crippen LogP contribution < -0.4 is 10.3 Å². The minimum absolute atomic E-state index is 0.0266. The van der Waals surface area contributed by atoms with Crippen molar-refractivity contribution in [3.05, 3.63) is 46.8 Å². The zero-order valence-electron chi connectivity index (χ0n) is 18.7. The summed E-state index contributed by atoms with van der Waals surface area (Å²) in [6, 6.07) is 3.66. The number of aryl methyl sites for hydroxylation is 1. The quantitative estimate of drug-likeness (QED) is 0.555. The maximum absolute atomic E-state index is 12.8. The first-order valence-corrected chi connectivity index (χ1v) is 12.4. The van der Waals surface area contributed by atoms with Crippen LogP contribution in [0.4, 0.5) is 0 Å². The number of furan rings is 1. The normalized spacial score (nSPS) is 18.3. The molecule has 0 N–H and O–H groups in total. The molecule has 1 fully saturated rings.